The molecule has 0 amide bonds. The summed E-state index contributed by atoms with van der Waals surface area (Å²) in [6.07, 6.45) is 14.3. The zero-order valence-electron chi connectivity index (χ0n) is 10.5. The van der Waals surface area contributed by atoms with Crippen LogP contribution in [-0.2, 0) is 0 Å². The van der Waals surface area contributed by atoms with Crippen molar-refractivity contribution < 1.29 is 0 Å². The molecule has 1 heteroatoms. The Balaban J connectivity index is 2.35. The molecule has 1 fully saturated rings. The molecule has 15 heavy (non-hydrogen) atoms. The number of hydrogen-bond donors (Lipinski definition) is 1. The predicted molar refractivity (Wildman–Crippen MR) is 67.9 cm³/mol. The molecule has 2 atom stereocenters. The Morgan fingerprint density at radius 3 is 2.00 bits per heavy atom. The summed E-state index contributed by atoms with van der Waals surface area (Å²) < 4.78 is 0. The summed E-state index contributed by atoms with van der Waals surface area (Å²) in [6.45, 7) is 3.33. The zero-order chi connectivity index (χ0) is 10.9. The monoisotopic (exact) mass is 211 g/mol. The first-order chi connectivity index (χ1) is 7.34. The maximum Gasteiger partial charge on any atom is -0.00745 e. The minimum absolute atomic E-state index is 0.884. The van der Waals surface area contributed by atoms with Crippen molar-refractivity contribution in [3.8, 4) is 0 Å². The number of rotatable bonds is 2. The minimum atomic E-state index is 0.884. The molecule has 0 radical (unpaired) electrons. The molecule has 1 aliphatic carbocycles. The highest BCUT2D eigenvalue weighted by Crippen LogP contribution is 2.28. The van der Waals surface area contributed by atoms with E-state index in [1.165, 1.54) is 64.2 Å². The van der Waals surface area contributed by atoms with Gasteiger partial charge in [-0.15, -0.1) is 0 Å². The van der Waals surface area contributed by atoms with Crippen molar-refractivity contribution in [3.05, 3.63) is 0 Å². The standard InChI is InChI=1S/C14H29N/c1-13-9-7-5-3-2-4-6-8-10-14(13)11-12-15/h13-14H,2-12,15H2,1H3. The Morgan fingerprint density at radius 2 is 1.40 bits per heavy atom. The van der Waals surface area contributed by atoms with Crippen molar-refractivity contribution in [1.29, 1.82) is 0 Å². The highest BCUT2D eigenvalue weighted by Gasteiger charge is 2.16. The van der Waals surface area contributed by atoms with Crippen LogP contribution < -0.4 is 5.73 Å². The number of nitrogens with two attached hydrogens (primary N) is 1. The van der Waals surface area contributed by atoms with E-state index in [1.54, 1.807) is 0 Å². The molecule has 1 aliphatic rings. The molecule has 1 nitrogen and oxygen atoms in total. The third-order valence-electron chi connectivity index (χ3n) is 4.08. The lowest BCUT2D eigenvalue weighted by Gasteiger charge is -2.23. The second kappa shape index (κ2) is 8.15. The van der Waals surface area contributed by atoms with Crippen molar-refractivity contribution in [2.24, 2.45) is 17.6 Å². The fourth-order valence-corrected chi connectivity index (χ4v) is 2.92. The summed E-state index contributed by atoms with van der Waals surface area (Å²) in [7, 11) is 0. The van der Waals surface area contributed by atoms with Gasteiger partial charge in [-0.05, 0) is 24.8 Å². The fraction of sp³-hybridized carbons (Fsp3) is 1.00. The van der Waals surface area contributed by atoms with Gasteiger partial charge in [-0.1, -0.05) is 64.7 Å². The van der Waals surface area contributed by atoms with Gasteiger partial charge in [0.05, 0.1) is 0 Å². The maximum absolute atomic E-state index is 5.71. The lowest BCUT2D eigenvalue weighted by atomic mass is 9.83. The van der Waals surface area contributed by atoms with Crippen LogP contribution in [0.5, 0.6) is 0 Å². The van der Waals surface area contributed by atoms with Crippen molar-refractivity contribution in [2.45, 2.75) is 71.1 Å². The van der Waals surface area contributed by atoms with Crippen LogP contribution in [-0.4, -0.2) is 6.54 Å². The van der Waals surface area contributed by atoms with Crippen LogP contribution >= 0.6 is 0 Å². The van der Waals surface area contributed by atoms with Crippen LogP contribution in [0.15, 0.2) is 0 Å². The fourth-order valence-electron chi connectivity index (χ4n) is 2.92. The van der Waals surface area contributed by atoms with Gasteiger partial charge in [0.2, 0.25) is 0 Å². The molecule has 2 N–H and O–H groups in total. The molecule has 0 aromatic rings. The smallest absolute Gasteiger partial charge is 0.00745 e. The first-order valence-electron chi connectivity index (χ1n) is 7.04. The van der Waals surface area contributed by atoms with Crippen molar-refractivity contribution in [1.82, 2.24) is 0 Å². The van der Waals surface area contributed by atoms with Gasteiger partial charge in [0.1, 0.15) is 0 Å². The molecule has 1 saturated carbocycles. The van der Waals surface area contributed by atoms with Gasteiger partial charge in [-0.25, -0.2) is 0 Å². The maximum atomic E-state index is 5.71. The van der Waals surface area contributed by atoms with Crippen LogP contribution in [0.25, 0.3) is 0 Å². The Kier molecular flexibility index (Phi) is 7.08. The van der Waals surface area contributed by atoms with E-state index in [9.17, 15) is 0 Å². The Labute approximate surface area is 95.8 Å². The Hall–Kier alpha value is -0.0400. The Bertz CT molecular complexity index is 144. The van der Waals surface area contributed by atoms with E-state index in [4.69, 9.17) is 5.73 Å². The summed E-state index contributed by atoms with van der Waals surface area (Å²) in [5.41, 5.74) is 5.71. The van der Waals surface area contributed by atoms with E-state index in [-0.39, 0.29) is 0 Å². The van der Waals surface area contributed by atoms with Crippen LogP contribution in [0, 0.1) is 11.8 Å². The van der Waals surface area contributed by atoms with Crippen LogP contribution in [0.1, 0.15) is 71.1 Å². The molecule has 2 unspecified atom stereocenters. The molecule has 0 aromatic carbocycles. The van der Waals surface area contributed by atoms with Gasteiger partial charge in [0.25, 0.3) is 0 Å². The van der Waals surface area contributed by atoms with E-state index in [0.717, 1.165) is 18.4 Å². The molecule has 1 rings (SSSR count). The average molecular weight is 211 g/mol. The molecule has 0 saturated heterocycles. The van der Waals surface area contributed by atoms with Crippen molar-refractivity contribution in [3.63, 3.8) is 0 Å². The highest BCUT2D eigenvalue weighted by molar-refractivity contribution is 4.68. The average Bonchev–Trinajstić information content (AvgIpc) is 2.27. The van der Waals surface area contributed by atoms with E-state index in [2.05, 4.69) is 6.92 Å². The third-order valence-corrected chi connectivity index (χ3v) is 4.08. The van der Waals surface area contributed by atoms with Crippen LogP contribution in [0.2, 0.25) is 0 Å². The first kappa shape index (κ1) is 13.0. The lowest BCUT2D eigenvalue weighted by molar-refractivity contribution is 0.290. The van der Waals surface area contributed by atoms with E-state index in [1.807, 2.05) is 0 Å². The van der Waals surface area contributed by atoms with Gasteiger partial charge in [0.15, 0.2) is 0 Å². The predicted octanol–water partition coefficient (Wildman–Crippen LogP) is 4.11. The molecule has 0 aliphatic heterocycles. The highest BCUT2D eigenvalue weighted by atomic mass is 14.5. The Morgan fingerprint density at radius 1 is 0.867 bits per heavy atom. The van der Waals surface area contributed by atoms with Crippen LogP contribution in [0.4, 0.5) is 0 Å². The largest absolute Gasteiger partial charge is 0.330 e. The summed E-state index contributed by atoms with van der Waals surface area (Å²) in [5.74, 6) is 1.82. The van der Waals surface area contributed by atoms with Gasteiger partial charge >= 0.3 is 0 Å². The molecule has 0 aromatic heterocycles. The molecule has 90 valence electrons. The minimum Gasteiger partial charge on any atom is -0.330 e. The summed E-state index contributed by atoms with van der Waals surface area (Å²) in [4.78, 5) is 0. The zero-order valence-corrected chi connectivity index (χ0v) is 10.5. The van der Waals surface area contributed by atoms with E-state index < -0.39 is 0 Å². The molecule has 0 spiro atoms. The van der Waals surface area contributed by atoms with Gasteiger partial charge in [-0.2, -0.15) is 0 Å². The molecular weight excluding hydrogens is 182 g/mol. The summed E-state index contributed by atoms with van der Waals surface area (Å²) >= 11 is 0. The SMILES string of the molecule is CC1CCCCCCCCCC1CCN. The van der Waals surface area contributed by atoms with E-state index in [0.29, 0.717) is 0 Å². The van der Waals surface area contributed by atoms with Gasteiger partial charge in [-0.3, -0.25) is 0 Å². The quantitative estimate of drug-likeness (QED) is 0.731. The molecular formula is C14H29N. The van der Waals surface area contributed by atoms with E-state index >= 15 is 0 Å². The number of hydrogen-bond acceptors (Lipinski definition) is 1. The van der Waals surface area contributed by atoms with Crippen molar-refractivity contribution in [2.75, 3.05) is 6.54 Å². The van der Waals surface area contributed by atoms with Gasteiger partial charge < -0.3 is 5.73 Å². The lowest BCUT2D eigenvalue weighted by Crippen LogP contribution is -2.16. The second-order valence-corrected chi connectivity index (χ2v) is 5.37. The molecule has 0 bridgehead atoms. The molecule has 0 heterocycles. The van der Waals surface area contributed by atoms with Gasteiger partial charge in [0, 0.05) is 0 Å². The topological polar surface area (TPSA) is 26.0 Å². The first-order valence-corrected chi connectivity index (χ1v) is 7.04. The summed E-state index contributed by atoms with van der Waals surface area (Å²) in [6, 6.07) is 0. The second-order valence-electron chi connectivity index (χ2n) is 5.37. The van der Waals surface area contributed by atoms with Crippen LogP contribution in [0.3, 0.4) is 0 Å². The van der Waals surface area contributed by atoms with Crippen molar-refractivity contribution >= 4 is 0 Å². The third kappa shape index (κ3) is 5.55. The normalized spacial score (nSPS) is 30.8. The summed E-state index contributed by atoms with van der Waals surface area (Å²) in [5, 5.41) is 0.